The van der Waals surface area contributed by atoms with Gasteiger partial charge < -0.3 is 5.32 Å². The zero-order valence-corrected chi connectivity index (χ0v) is 12.8. The Morgan fingerprint density at radius 2 is 2.22 bits per heavy atom. The number of nitrogens with one attached hydrogen (secondary N) is 1. The molecular weight excluding hydrogens is 308 g/mol. The minimum absolute atomic E-state index is 0.460. The van der Waals surface area contributed by atoms with Crippen LogP contribution in [0.25, 0.3) is 0 Å². The summed E-state index contributed by atoms with van der Waals surface area (Å²) < 4.78 is 1.03. The highest BCUT2D eigenvalue weighted by Gasteiger charge is 2.10. The first-order chi connectivity index (χ1) is 8.78. The molecule has 1 unspecified atom stereocenters. The molecule has 2 nitrogen and oxygen atoms in total. The van der Waals surface area contributed by atoms with Crippen molar-refractivity contribution in [2.45, 2.75) is 25.8 Å². The van der Waals surface area contributed by atoms with Crippen molar-refractivity contribution in [1.82, 2.24) is 10.3 Å². The molecular formula is C14H17BrN2S. The average molecular weight is 325 g/mol. The first kappa shape index (κ1) is 13.7. The summed E-state index contributed by atoms with van der Waals surface area (Å²) in [6.45, 7) is 3.14. The molecule has 0 aliphatic heterocycles. The van der Waals surface area contributed by atoms with Gasteiger partial charge >= 0.3 is 0 Å². The zero-order chi connectivity index (χ0) is 12.8. The lowest BCUT2D eigenvalue weighted by molar-refractivity contribution is 0.519. The molecule has 0 saturated heterocycles. The Balaban J connectivity index is 1.99. The van der Waals surface area contributed by atoms with E-state index >= 15 is 0 Å². The second kappa shape index (κ2) is 7.02. The van der Waals surface area contributed by atoms with Gasteiger partial charge in [0.25, 0.3) is 0 Å². The van der Waals surface area contributed by atoms with Crippen LogP contribution in [-0.2, 0) is 12.8 Å². The van der Waals surface area contributed by atoms with Crippen molar-refractivity contribution >= 4 is 27.3 Å². The molecule has 2 heterocycles. The van der Waals surface area contributed by atoms with E-state index in [9.17, 15) is 0 Å². The minimum atomic E-state index is 0.460. The van der Waals surface area contributed by atoms with E-state index in [2.05, 4.69) is 62.8 Å². The van der Waals surface area contributed by atoms with Crippen LogP contribution >= 0.6 is 27.3 Å². The minimum Gasteiger partial charge on any atom is -0.314 e. The van der Waals surface area contributed by atoms with E-state index in [4.69, 9.17) is 0 Å². The van der Waals surface area contributed by atoms with Crippen LogP contribution in [-0.4, -0.2) is 17.6 Å². The van der Waals surface area contributed by atoms with Gasteiger partial charge in [0.1, 0.15) is 0 Å². The van der Waals surface area contributed by atoms with E-state index in [1.54, 1.807) is 0 Å². The van der Waals surface area contributed by atoms with Crippen LogP contribution in [0.4, 0.5) is 0 Å². The summed E-state index contributed by atoms with van der Waals surface area (Å²) in [5.74, 6) is 0. The van der Waals surface area contributed by atoms with E-state index in [0.717, 1.165) is 29.6 Å². The monoisotopic (exact) mass is 324 g/mol. The number of likely N-dealkylation sites (N-methyl/N-ethyl adjacent to an activating group) is 1. The van der Waals surface area contributed by atoms with Crippen LogP contribution in [0, 0.1) is 0 Å². The van der Waals surface area contributed by atoms with Crippen molar-refractivity contribution in [2.24, 2.45) is 0 Å². The molecule has 0 aromatic carbocycles. The molecule has 4 heteroatoms. The van der Waals surface area contributed by atoms with Gasteiger partial charge in [-0.2, -0.15) is 0 Å². The number of nitrogens with zero attached hydrogens (tertiary/aromatic N) is 1. The number of pyridine rings is 1. The van der Waals surface area contributed by atoms with Crippen LogP contribution in [0.1, 0.15) is 17.5 Å². The Bertz CT molecular complexity index is 453. The number of hydrogen-bond acceptors (Lipinski definition) is 3. The fraction of sp³-hybridized carbons (Fsp3) is 0.357. The number of rotatable bonds is 6. The standard InChI is InChI=1S/C14H17BrN2S/c1-2-16-13(9-14-4-3-7-18-14)8-12-6-5-11(15)10-17-12/h3-7,10,13,16H,2,8-9H2,1H3. The summed E-state index contributed by atoms with van der Waals surface area (Å²) >= 11 is 5.24. The van der Waals surface area contributed by atoms with E-state index < -0.39 is 0 Å². The molecule has 96 valence electrons. The highest BCUT2D eigenvalue weighted by Crippen LogP contribution is 2.14. The van der Waals surface area contributed by atoms with Gasteiger partial charge in [-0.25, -0.2) is 0 Å². The number of halogens is 1. The predicted molar refractivity (Wildman–Crippen MR) is 81.1 cm³/mol. The molecule has 0 amide bonds. The van der Waals surface area contributed by atoms with Crippen molar-refractivity contribution in [3.63, 3.8) is 0 Å². The predicted octanol–water partition coefficient (Wildman–Crippen LogP) is 3.67. The molecule has 18 heavy (non-hydrogen) atoms. The summed E-state index contributed by atoms with van der Waals surface area (Å²) in [6, 6.07) is 8.91. The lowest BCUT2D eigenvalue weighted by Gasteiger charge is -2.16. The second-order valence-corrected chi connectivity index (χ2v) is 6.16. The molecule has 2 aromatic heterocycles. The molecule has 0 aliphatic rings. The van der Waals surface area contributed by atoms with Crippen molar-refractivity contribution in [3.8, 4) is 0 Å². The Kier molecular flexibility index (Phi) is 5.35. The topological polar surface area (TPSA) is 24.9 Å². The lowest BCUT2D eigenvalue weighted by Crippen LogP contribution is -2.33. The van der Waals surface area contributed by atoms with Crippen LogP contribution in [0.15, 0.2) is 40.3 Å². The number of hydrogen-bond donors (Lipinski definition) is 1. The fourth-order valence-electron chi connectivity index (χ4n) is 1.96. The third-order valence-electron chi connectivity index (χ3n) is 2.76. The SMILES string of the molecule is CCNC(Cc1ccc(Br)cn1)Cc1cccs1. The van der Waals surface area contributed by atoms with Gasteiger partial charge in [-0.05, 0) is 52.5 Å². The summed E-state index contributed by atoms with van der Waals surface area (Å²) in [4.78, 5) is 5.87. The average Bonchev–Trinajstić information content (AvgIpc) is 2.85. The Hall–Kier alpha value is -0.710. The smallest absolute Gasteiger partial charge is 0.0420 e. The van der Waals surface area contributed by atoms with Gasteiger partial charge in [-0.15, -0.1) is 11.3 Å². The Morgan fingerprint density at radius 3 is 2.83 bits per heavy atom. The molecule has 0 aliphatic carbocycles. The summed E-state index contributed by atoms with van der Waals surface area (Å²) in [5, 5.41) is 5.67. The summed E-state index contributed by atoms with van der Waals surface area (Å²) in [5.41, 5.74) is 1.14. The van der Waals surface area contributed by atoms with Gasteiger partial charge in [-0.3, -0.25) is 4.98 Å². The van der Waals surface area contributed by atoms with E-state index in [1.165, 1.54) is 4.88 Å². The van der Waals surface area contributed by atoms with Crippen molar-refractivity contribution in [3.05, 3.63) is 50.9 Å². The molecule has 2 rings (SSSR count). The highest BCUT2D eigenvalue weighted by molar-refractivity contribution is 9.10. The van der Waals surface area contributed by atoms with Crippen molar-refractivity contribution in [2.75, 3.05) is 6.54 Å². The highest BCUT2D eigenvalue weighted by atomic mass is 79.9. The number of thiophene rings is 1. The van der Waals surface area contributed by atoms with Crippen LogP contribution in [0.5, 0.6) is 0 Å². The third kappa shape index (κ3) is 4.19. The van der Waals surface area contributed by atoms with E-state index in [0.29, 0.717) is 6.04 Å². The maximum absolute atomic E-state index is 4.45. The normalized spacial score (nSPS) is 12.6. The van der Waals surface area contributed by atoms with E-state index in [1.807, 2.05) is 17.5 Å². The van der Waals surface area contributed by atoms with Gasteiger partial charge in [0, 0.05) is 33.7 Å². The van der Waals surface area contributed by atoms with Crippen molar-refractivity contribution < 1.29 is 0 Å². The van der Waals surface area contributed by atoms with Gasteiger partial charge in [0.15, 0.2) is 0 Å². The number of aromatic nitrogens is 1. The van der Waals surface area contributed by atoms with Gasteiger partial charge in [0.2, 0.25) is 0 Å². The summed E-state index contributed by atoms with van der Waals surface area (Å²) in [6.07, 6.45) is 3.91. The van der Waals surface area contributed by atoms with Crippen LogP contribution in [0.3, 0.4) is 0 Å². The maximum atomic E-state index is 4.45. The Morgan fingerprint density at radius 1 is 1.33 bits per heavy atom. The molecule has 0 spiro atoms. The molecule has 0 saturated carbocycles. The van der Waals surface area contributed by atoms with Crippen LogP contribution in [0.2, 0.25) is 0 Å². The maximum Gasteiger partial charge on any atom is 0.0420 e. The summed E-state index contributed by atoms with van der Waals surface area (Å²) in [7, 11) is 0. The Labute approximate surface area is 121 Å². The molecule has 0 fully saturated rings. The molecule has 2 aromatic rings. The lowest BCUT2D eigenvalue weighted by atomic mass is 10.1. The fourth-order valence-corrected chi connectivity index (χ4v) is 2.98. The second-order valence-electron chi connectivity index (χ2n) is 4.21. The molecule has 0 bridgehead atoms. The van der Waals surface area contributed by atoms with Crippen LogP contribution < -0.4 is 5.32 Å². The first-order valence-corrected chi connectivity index (χ1v) is 7.81. The van der Waals surface area contributed by atoms with Gasteiger partial charge in [-0.1, -0.05) is 13.0 Å². The third-order valence-corrected chi connectivity index (χ3v) is 4.13. The largest absolute Gasteiger partial charge is 0.314 e. The quantitative estimate of drug-likeness (QED) is 0.876. The van der Waals surface area contributed by atoms with Gasteiger partial charge in [0.05, 0.1) is 0 Å². The van der Waals surface area contributed by atoms with Crippen molar-refractivity contribution in [1.29, 1.82) is 0 Å². The van der Waals surface area contributed by atoms with E-state index in [-0.39, 0.29) is 0 Å². The molecule has 0 radical (unpaired) electrons. The molecule has 1 atom stereocenters. The zero-order valence-electron chi connectivity index (χ0n) is 10.4. The molecule has 1 N–H and O–H groups in total. The first-order valence-electron chi connectivity index (χ1n) is 6.14.